The molecule has 22 heavy (non-hydrogen) atoms. The molecule has 1 rings (SSSR count). The molecule has 6 heteroatoms. The molecule has 5 nitrogen and oxygen atoms in total. The van der Waals surface area contributed by atoms with Crippen molar-refractivity contribution in [2.75, 3.05) is 19.0 Å². The van der Waals surface area contributed by atoms with E-state index in [0.717, 1.165) is 25.8 Å². The Morgan fingerprint density at radius 1 is 1.32 bits per heavy atom. The third kappa shape index (κ3) is 5.67. The highest BCUT2D eigenvalue weighted by molar-refractivity contribution is 6.27. The first-order chi connectivity index (χ1) is 10.2. The Balaban J connectivity index is 2.80. The molecule has 0 aromatic carbocycles. The summed E-state index contributed by atoms with van der Waals surface area (Å²) in [7, 11) is 0. The van der Waals surface area contributed by atoms with Gasteiger partial charge in [0.2, 0.25) is 5.91 Å². The van der Waals surface area contributed by atoms with Crippen LogP contribution >= 0.6 is 11.6 Å². The lowest BCUT2D eigenvalue weighted by atomic mass is 10.0. The van der Waals surface area contributed by atoms with Gasteiger partial charge < -0.3 is 14.5 Å². The van der Waals surface area contributed by atoms with E-state index in [1.165, 1.54) is 0 Å². The standard InChI is InChI=1S/C16H29ClN2O3/c1-12(2)19(15(21)22-16(3,4)5)11-13-8-6-7-9-18(13)14(20)10-17/h12-13H,6-11H2,1-5H3. The van der Waals surface area contributed by atoms with Crippen LogP contribution in [-0.2, 0) is 9.53 Å². The third-order valence-corrected chi connectivity index (χ3v) is 3.95. The van der Waals surface area contributed by atoms with E-state index in [4.69, 9.17) is 16.3 Å². The zero-order valence-electron chi connectivity index (χ0n) is 14.4. The largest absolute Gasteiger partial charge is 0.444 e. The minimum absolute atomic E-state index is 0.00931. The van der Waals surface area contributed by atoms with E-state index in [9.17, 15) is 9.59 Å². The molecule has 1 aliphatic heterocycles. The van der Waals surface area contributed by atoms with Gasteiger partial charge in [-0.2, -0.15) is 0 Å². The van der Waals surface area contributed by atoms with Crippen molar-refractivity contribution in [2.45, 2.75) is 71.6 Å². The average molecular weight is 333 g/mol. The molecule has 1 atom stereocenters. The minimum atomic E-state index is -0.525. The van der Waals surface area contributed by atoms with Crippen LogP contribution in [0.25, 0.3) is 0 Å². The summed E-state index contributed by atoms with van der Waals surface area (Å²) in [5.74, 6) is -0.0655. The van der Waals surface area contributed by atoms with Gasteiger partial charge in [0.1, 0.15) is 11.5 Å². The second kappa shape index (κ2) is 8.04. The van der Waals surface area contributed by atoms with Gasteiger partial charge in [0.15, 0.2) is 0 Å². The van der Waals surface area contributed by atoms with Gasteiger partial charge in [0, 0.05) is 25.2 Å². The van der Waals surface area contributed by atoms with Crippen LogP contribution in [0, 0.1) is 0 Å². The highest BCUT2D eigenvalue weighted by atomic mass is 35.5. The lowest BCUT2D eigenvalue weighted by molar-refractivity contribution is -0.132. The molecule has 0 aromatic heterocycles. The topological polar surface area (TPSA) is 49.9 Å². The summed E-state index contributed by atoms with van der Waals surface area (Å²) < 4.78 is 5.48. The SMILES string of the molecule is CC(C)N(CC1CCCCN1C(=O)CCl)C(=O)OC(C)(C)C. The van der Waals surface area contributed by atoms with Crippen LogP contribution in [-0.4, -0.2) is 58.5 Å². The van der Waals surface area contributed by atoms with Crippen LogP contribution in [0.1, 0.15) is 53.9 Å². The molecule has 1 unspecified atom stereocenters. The Morgan fingerprint density at radius 3 is 2.45 bits per heavy atom. The number of carbonyl (C=O) groups excluding carboxylic acids is 2. The van der Waals surface area contributed by atoms with Crippen molar-refractivity contribution in [1.29, 1.82) is 0 Å². The zero-order valence-corrected chi connectivity index (χ0v) is 15.2. The highest BCUT2D eigenvalue weighted by Crippen LogP contribution is 2.21. The van der Waals surface area contributed by atoms with Crippen LogP contribution in [0.2, 0.25) is 0 Å². The first-order valence-corrected chi connectivity index (χ1v) is 8.54. The number of piperidine rings is 1. The lowest BCUT2D eigenvalue weighted by Gasteiger charge is -2.40. The maximum atomic E-state index is 12.4. The number of rotatable bonds is 4. The van der Waals surface area contributed by atoms with Gasteiger partial charge in [-0.1, -0.05) is 0 Å². The summed E-state index contributed by atoms with van der Waals surface area (Å²) >= 11 is 5.70. The van der Waals surface area contributed by atoms with Crippen molar-refractivity contribution in [3.8, 4) is 0 Å². The number of nitrogens with zero attached hydrogens (tertiary/aromatic N) is 2. The van der Waals surface area contributed by atoms with Crippen molar-refractivity contribution in [1.82, 2.24) is 9.80 Å². The van der Waals surface area contributed by atoms with Gasteiger partial charge in [-0.25, -0.2) is 4.79 Å². The van der Waals surface area contributed by atoms with Crippen molar-refractivity contribution >= 4 is 23.6 Å². The monoisotopic (exact) mass is 332 g/mol. The average Bonchev–Trinajstić information content (AvgIpc) is 2.41. The molecule has 0 aliphatic carbocycles. The van der Waals surface area contributed by atoms with Crippen LogP contribution in [0.15, 0.2) is 0 Å². The summed E-state index contributed by atoms with van der Waals surface area (Å²) in [5, 5.41) is 0. The second-order valence-electron chi connectivity index (χ2n) is 7.10. The van der Waals surface area contributed by atoms with E-state index >= 15 is 0 Å². The first kappa shape index (κ1) is 19.1. The van der Waals surface area contributed by atoms with E-state index in [1.54, 1.807) is 4.90 Å². The molecule has 0 bridgehead atoms. The van der Waals surface area contributed by atoms with Gasteiger partial charge in [-0.15, -0.1) is 11.6 Å². The molecule has 1 heterocycles. The number of carbonyl (C=O) groups is 2. The molecule has 0 radical (unpaired) electrons. The van der Waals surface area contributed by atoms with Gasteiger partial charge in [-0.3, -0.25) is 4.79 Å². The fourth-order valence-corrected chi connectivity index (χ4v) is 2.79. The molecule has 128 valence electrons. The summed E-state index contributed by atoms with van der Waals surface area (Å²) in [4.78, 5) is 27.9. The summed E-state index contributed by atoms with van der Waals surface area (Å²) in [6, 6.07) is 0.0413. The van der Waals surface area contributed by atoms with Crippen molar-refractivity contribution < 1.29 is 14.3 Å². The van der Waals surface area contributed by atoms with E-state index in [0.29, 0.717) is 6.54 Å². The molecule has 0 N–H and O–H groups in total. The molecule has 1 fully saturated rings. The summed E-state index contributed by atoms with van der Waals surface area (Å²) in [5.41, 5.74) is -0.525. The number of halogens is 1. The fraction of sp³-hybridized carbons (Fsp3) is 0.875. The Bertz CT molecular complexity index is 393. The zero-order chi connectivity index (χ0) is 16.9. The highest BCUT2D eigenvalue weighted by Gasteiger charge is 2.32. The van der Waals surface area contributed by atoms with Crippen LogP contribution in [0.4, 0.5) is 4.79 Å². The lowest BCUT2D eigenvalue weighted by Crippen LogP contribution is -2.53. The minimum Gasteiger partial charge on any atom is -0.444 e. The van der Waals surface area contributed by atoms with Gasteiger partial charge in [-0.05, 0) is 53.9 Å². The summed E-state index contributed by atoms with van der Waals surface area (Å²) in [6.07, 6.45) is 2.63. The van der Waals surface area contributed by atoms with Crippen molar-refractivity contribution in [3.63, 3.8) is 0 Å². The van der Waals surface area contributed by atoms with Gasteiger partial charge >= 0.3 is 6.09 Å². The van der Waals surface area contributed by atoms with Crippen LogP contribution < -0.4 is 0 Å². The normalized spacial score (nSPS) is 19.2. The Kier molecular flexibility index (Phi) is 6.98. The van der Waals surface area contributed by atoms with Crippen LogP contribution in [0.5, 0.6) is 0 Å². The van der Waals surface area contributed by atoms with E-state index in [-0.39, 0.29) is 30.0 Å². The molecule has 0 saturated carbocycles. The molecule has 2 amide bonds. The third-order valence-electron chi connectivity index (χ3n) is 3.72. The van der Waals surface area contributed by atoms with E-state index < -0.39 is 5.60 Å². The quantitative estimate of drug-likeness (QED) is 0.742. The fourth-order valence-electron chi connectivity index (χ4n) is 2.64. The van der Waals surface area contributed by atoms with Crippen molar-refractivity contribution in [3.05, 3.63) is 0 Å². The second-order valence-corrected chi connectivity index (χ2v) is 7.36. The first-order valence-electron chi connectivity index (χ1n) is 8.00. The maximum absolute atomic E-state index is 12.4. The molecule has 0 aromatic rings. The molecular weight excluding hydrogens is 304 g/mol. The smallest absolute Gasteiger partial charge is 0.410 e. The van der Waals surface area contributed by atoms with Crippen LogP contribution in [0.3, 0.4) is 0 Å². The molecular formula is C16H29ClN2O3. The predicted octanol–water partition coefficient (Wildman–Crippen LogP) is 3.25. The number of hydrogen-bond donors (Lipinski definition) is 0. The van der Waals surface area contributed by atoms with Gasteiger partial charge in [0.05, 0.1) is 0 Å². The Labute approximate surface area is 138 Å². The number of likely N-dealkylation sites (tertiary alicyclic amines) is 1. The Hall–Kier alpha value is -0.970. The number of ether oxygens (including phenoxy) is 1. The maximum Gasteiger partial charge on any atom is 0.410 e. The summed E-state index contributed by atoms with van der Waals surface area (Å²) in [6.45, 7) is 10.7. The molecule has 1 aliphatic rings. The van der Waals surface area contributed by atoms with Crippen molar-refractivity contribution in [2.24, 2.45) is 0 Å². The number of amides is 2. The Morgan fingerprint density at radius 2 is 1.95 bits per heavy atom. The number of alkyl halides is 1. The van der Waals surface area contributed by atoms with E-state index in [1.807, 2.05) is 39.5 Å². The van der Waals surface area contributed by atoms with E-state index in [2.05, 4.69) is 0 Å². The molecule has 1 saturated heterocycles. The van der Waals surface area contributed by atoms with Gasteiger partial charge in [0.25, 0.3) is 0 Å². The molecule has 0 spiro atoms. The predicted molar refractivity (Wildman–Crippen MR) is 88.1 cm³/mol. The number of hydrogen-bond acceptors (Lipinski definition) is 3.